The second kappa shape index (κ2) is 6.98. The number of esters is 1. The van der Waals surface area contributed by atoms with Gasteiger partial charge in [-0.1, -0.05) is 12.1 Å². The van der Waals surface area contributed by atoms with Crippen LogP contribution in [0.15, 0.2) is 29.3 Å². The van der Waals surface area contributed by atoms with Crippen LogP contribution in [0.2, 0.25) is 0 Å². The highest BCUT2D eigenvalue weighted by Gasteiger charge is 2.24. The first-order valence-corrected chi connectivity index (χ1v) is 7.92. The molecule has 0 bridgehead atoms. The first-order valence-electron chi connectivity index (χ1n) is 7.92. The standard InChI is InChI=1S/C16H15F2N5O3/c1-3-11(16(25)26-4-2)22-8-19-14-13(15(22)24)20-21-23(14)12-6-5-9(17)7-10(12)18/h5-8,11H,3-4H2,1-2H3. The van der Waals surface area contributed by atoms with Crippen molar-refractivity contribution in [1.82, 2.24) is 24.5 Å². The summed E-state index contributed by atoms with van der Waals surface area (Å²) in [6, 6.07) is 2.06. The van der Waals surface area contributed by atoms with E-state index < -0.39 is 29.2 Å². The Labute approximate surface area is 146 Å². The van der Waals surface area contributed by atoms with E-state index in [1.165, 1.54) is 6.07 Å². The van der Waals surface area contributed by atoms with Crippen molar-refractivity contribution in [2.24, 2.45) is 0 Å². The molecule has 1 aromatic carbocycles. The molecule has 0 aliphatic carbocycles. The van der Waals surface area contributed by atoms with E-state index in [-0.39, 0.29) is 23.5 Å². The summed E-state index contributed by atoms with van der Waals surface area (Å²) in [5.74, 6) is -2.18. The van der Waals surface area contributed by atoms with Gasteiger partial charge in [-0.15, -0.1) is 5.10 Å². The van der Waals surface area contributed by atoms with Gasteiger partial charge in [-0.3, -0.25) is 9.36 Å². The lowest BCUT2D eigenvalue weighted by Gasteiger charge is -2.15. The molecule has 1 unspecified atom stereocenters. The summed E-state index contributed by atoms with van der Waals surface area (Å²) in [6.07, 6.45) is 1.48. The van der Waals surface area contributed by atoms with Crippen molar-refractivity contribution < 1.29 is 18.3 Å². The normalized spacial score (nSPS) is 12.3. The Hall–Kier alpha value is -3.17. The van der Waals surface area contributed by atoms with Gasteiger partial charge in [0.1, 0.15) is 23.9 Å². The van der Waals surface area contributed by atoms with Gasteiger partial charge in [0.15, 0.2) is 17.0 Å². The van der Waals surface area contributed by atoms with Gasteiger partial charge in [0.05, 0.1) is 6.61 Å². The van der Waals surface area contributed by atoms with Gasteiger partial charge in [0.25, 0.3) is 5.56 Å². The number of fused-ring (bicyclic) bond motifs is 1. The minimum absolute atomic E-state index is 0.00419. The summed E-state index contributed by atoms with van der Waals surface area (Å²) < 4.78 is 34.2. The molecule has 3 aromatic rings. The molecule has 0 aliphatic rings. The highest BCUT2D eigenvalue weighted by molar-refractivity contribution is 5.75. The summed E-state index contributed by atoms with van der Waals surface area (Å²) in [5, 5.41) is 7.48. The molecule has 1 atom stereocenters. The van der Waals surface area contributed by atoms with E-state index in [4.69, 9.17) is 4.74 Å². The summed E-state index contributed by atoms with van der Waals surface area (Å²) >= 11 is 0. The van der Waals surface area contributed by atoms with Crippen LogP contribution in [-0.2, 0) is 9.53 Å². The topological polar surface area (TPSA) is 91.9 Å². The number of aromatic nitrogens is 5. The molecule has 0 radical (unpaired) electrons. The van der Waals surface area contributed by atoms with Crippen molar-refractivity contribution in [2.45, 2.75) is 26.3 Å². The highest BCUT2D eigenvalue weighted by atomic mass is 19.1. The van der Waals surface area contributed by atoms with E-state index in [9.17, 15) is 18.4 Å². The molecule has 0 fully saturated rings. The molecule has 0 spiro atoms. The summed E-state index contributed by atoms with van der Waals surface area (Å²) in [7, 11) is 0. The molecule has 0 amide bonds. The van der Waals surface area contributed by atoms with E-state index in [1.807, 2.05) is 0 Å². The van der Waals surface area contributed by atoms with Crippen LogP contribution in [0.25, 0.3) is 16.9 Å². The Bertz CT molecular complexity index is 1030. The Kier molecular flexibility index (Phi) is 4.74. The smallest absolute Gasteiger partial charge is 0.329 e. The maximum atomic E-state index is 14.0. The lowest BCUT2D eigenvalue weighted by atomic mass is 10.2. The van der Waals surface area contributed by atoms with Crippen LogP contribution >= 0.6 is 0 Å². The van der Waals surface area contributed by atoms with Gasteiger partial charge < -0.3 is 4.74 Å². The molecule has 0 saturated carbocycles. The molecule has 8 nitrogen and oxygen atoms in total. The lowest BCUT2D eigenvalue weighted by Crippen LogP contribution is -2.31. The molecule has 0 N–H and O–H groups in total. The number of hydrogen-bond acceptors (Lipinski definition) is 6. The van der Waals surface area contributed by atoms with Crippen molar-refractivity contribution >= 4 is 17.1 Å². The average molecular weight is 363 g/mol. The second-order valence-corrected chi connectivity index (χ2v) is 5.40. The van der Waals surface area contributed by atoms with Crippen LogP contribution < -0.4 is 5.56 Å². The molecular formula is C16H15F2N5O3. The quantitative estimate of drug-likeness (QED) is 0.642. The van der Waals surface area contributed by atoms with Gasteiger partial charge in [0, 0.05) is 6.07 Å². The maximum Gasteiger partial charge on any atom is 0.329 e. The number of hydrogen-bond donors (Lipinski definition) is 0. The van der Waals surface area contributed by atoms with Gasteiger partial charge >= 0.3 is 5.97 Å². The zero-order valence-electron chi connectivity index (χ0n) is 14.0. The molecule has 10 heteroatoms. The predicted molar refractivity (Wildman–Crippen MR) is 86.8 cm³/mol. The van der Waals surface area contributed by atoms with Crippen molar-refractivity contribution in [2.75, 3.05) is 6.61 Å². The second-order valence-electron chi connectivity index (χ2n) is 5.40. The minimum atomic E-state index is -0.874. The van der Waals surface area contributed by atoms with Crippen molar-refractivity contribution in [3.63, 3.8) is 0 Å². The summed E-state index contributed by atoms with van der Waals surface area (Å²) in [6.45, 7) is 3.57. The van der Waals surface area contributed by atoms with E-state index >= 15 is 0 Å². The van der Waals surface area contributed by atoms with Crippen LogP contribution in [0.5, 0.6) is 0 Å². The third-order valence-electron chi connectivity index (χ3n) is 3.81. The van der Waals surface area contributed by atoms with E-state index in [1.54, 1.807) is 13.8 Å². The third kappa shape index (κ3) is 2.93. The molecule has 2 aromatic heterocycles. The van der Waals surface area contributed by atoms with E-state index in [2.05, 4.69) is 15.3 Å². The van der Waals surface area contributed by atoms with Crippen LogP contribution in [0.1, 0.15) is 26.3 Å². The van der Waals surface area contributed by atoms with Crippen molar-refractivity contribution in [3.05, 3.63) is 46.5 Å². The van der Waals surface area contributed by atoms with E-state index in [0.29, 0.717) is 12.5 Å². The third-order valence-corrected chi connectivity index (χ3v) is 3.81. The Morgan fingerprint density at radius 3 is 2.73 bits per heavy atom. The number of halogens is 2. The fourth-order valence-electron chi connectivity index (χ4n) is 2.58. The maximum absolute atomic E-state index is 14.0. The fraction of sp³-hybridized carbons (Fsp3) is 0.312. The first-order chi connectivity index (χ1) is 12.5. The zero-order valence-corrected chi connectivity index (χ0v) is 14.0. The molecular weight excluding hydrogens is 348 g/mol. The number of nitrogens with zero attached hydrogens (tertiary/aromatic N) is 5. The van der Waals surface area contributed by atoms with E-state index in [0.717, 1.165) is 21.6 Å². The number of carbonyl (C=O) groups excluding carboxylic acids is 1. The first kappa shape index (κ1) is 17.6. The number of benzene rings is 1. The minimum Gasteiger partial charge on any atom is -0.464 e. The summed E-state index contributed by atoms with van der Waals surface area (Å²) in [4.78, 5) is 28.8. The molecule has 0 aliphatic heterocycles. The lowest BCUT2D eigenvalue weighted by molar-refractivity contribution is -0.147. The fourth-order valence-corrected chi connectivity index (χ4v) is 2.58. The predicted octanol–water partition coefficient (Wildman–Crippen LogP) is 1.77. The Balaban J connectivity index is 2.12. The van der Waals surface area contributed by atoms with Crippen LogP contribution in [-0.4, -0.2) is 37.1 Å². The van der Waals surface area contributed by atoms with Gasteiger partial charge in [-0.05, 0) is 25.5 Å². The van der Waals surface area contributed by atoms with Gasteiger partial charge in [-0.25, -0.2) is 18.6 Å². The van der Waals surface area contributed by atoms with Crippen LogP contribution in [0.4, 0.5) is 8.78 Å². The Morgan fingerprint density at radius 2 is 2.08 bits per heavy atom. The number of rotatable bonds is 5. The molecule has 136 valence electrons. The number of ether oxygens (including phenoxy) is 1. The van der Waals surface area contributed by atoms with Crippen molar-refractivity contribution in [1.29, 1.82) is 0 Å². The molecule has 0 saturated heterocycles. The molecule has 2 heterocycles. The monoisotopic (exact) mass is 363 g/mol. The van der Waals surface area contributed by atoms with Crippen LogP contribution in [0, 0.1) is 11.6 Å². The molecule has 26 heavy (non-hydrogen) atoms. The molecule has 3 rings (SSSR count). The highest BCUT2D eigenvalue weighted by Crippen LogP contribution is 2.18. The largest absolute Gasteiger partial charge is 0.464 e. The van der Waals surface area contributed by atoms with Crippen LogP contribution in [0.3, 0.4) is 0 Å². The SMILES string of the molecule is CCOC(=O)C(CC)n1cnc2c(nnn2-c2ccc(F)cc2F)c1=O. The van der Waals surface area contributed by atoms with Gasteiger partial charge in [0.2, 0.25) is 0 Å². The summed E-state index contributed by atoms with van der Waals surface area (Å²) in [5.41, 5.74) is -0.853. The zero-order chi connectivity index (χ0) is 18.8. The van der Waals surface area contributed by atoms with Crippen molar-refractivity contribution in [3.8, 4) is 5.69 Å². The number of carbonyl (C=O) groups is 1. The Morgan fingerprint density at radius 1 is 1.31 bits per heavy atom. The van der Waals surface area contributed by atoms with Gasteiger partial charge in [-0.2, -0.15) is 4.68 Å². The average Bonchev–Trinajstić information content (AvgIpc) is 3.02.